The first kappa shape index (κ1) is 14.2. The van der Waals surface area contributed by atoms with Gasteiger partial charge >= 0.3 is 5.97 Å². The van der Waals surface area contributed by atoms with Crippen molar-refractivity contribution in [3.8, 4) is 11.5 Å². The van der Waals surface area contributed by atoms with E-state index in [1.165, 1.54) is 6.42 Å². The minimum Gasteiger partial charge on any atom is -0.480 e. The van der Waals surface area contributed by atoms with Gasteiger partial charge in [-0.1, -0.05) is 19.4 Å². The van der Waals surface area contributed by atoms with E-state index in [-0.39, 0.29) is 6.79 Å². The Morgan fingerprint density at radius 2 is 2.19 bits per heavy atom. The molecule has 0 bridgehead atoms. The van der Waals surface area contributed by atoms with Crippen LogP contribution in [-0.4, -0.2) is 35.4 Å². The summed E-state index contributed by atoms with van der Waals surface area (Å²) in [5.74, 6) is 0.534. The molecule has 2 heterocycles. The summed E-state index contributed by atoms with van der Waals surface area (Å²) >= 11 is 0. The molecule has 21 heavy (non-hydrogen) atoms. The molecule has 0 saturated carbocycles. The molecule has 1 fully saturated rings. The Morgan fingerprint density at radius 1 is 1.38 bits per heavy atom. The number of carboxylic acid groups (broad SMARTS) is 1. The van der Waals surface area contributed by atoms with E-state index in [0.29, 0.717) is 17.5 Å². The lowest BCUT2D eigenvalue weighted by atomic mass is 9.94. The van der Waals surface area contributed by atoms with Crippen LogP contribution >= 0.6 is 0 Å². The predicted octanol–water partition coefficient (Wildman–Crippen LogP) is 2.81. The molecule has 5 nitrogen and oxygen atoms in total. The molecular formula is C16H21NO4. The number of carboxylic acids is 1. The first-order valence-corrected chi connectivity index (χ1v) is 7.58. The molecule has 1 saturated heterocycles. The smallest absolute Gasteiger partial charge is 0.325 e. The van der Waals surface area contributed by atoms with E-state index in [4.69, 9.17) is 9.47 Å². The standard InChI is InChI=1S/C16H21NO4/c1-2-12-5-3-4-8-17(12)15(16(18)19)11-6-7-13-14(9-11)21-10-20-13/h6-7,9,12,15H,2-5,8,10H2,1H3,(H,18,19). The van der Waals surface area contributed by atoms with Crippen LogP contribution in [-0.2, 0) is 4.79 Å². The fraction of sp³-hybridized carbons (Fsp3) is 0.562. The van der Waals surface area contributed by atoms with Crippen molar-refractivity contribution in [1.29, 1.82) is 0 Å². The lowest BCUT2D eigenvalue weighted by Crippen LogP contribution is -2.44. The number of carbonyl (C=O) groups is 1. The van der Waals surface area contributed by atoms with Crippen LogP contribution < -0.4 is 9.47 Å². The van der Waals surface area contributed by atoms with Crippen LogP contribution in [0, 0.1) is 0 Å². The quantitative estimate of drug-likeness (QED) is 0.924. The van der Waals surface area contributed by atoms with Crippen LogP contribution in [0.3, 0.4) is 0 Å². The highest BCUT2D eigenvalue weighted by Crippen LogP contribution is 2.37. The lowest BCUT2D eigenvalue weighted by Gasteiger charge is -2.39. The van der Waals surface area contributed by atoms with Gasteiger partial charge in [-0.2, -0.15) is 0 Å². The van der Waals surface area contributed by atoms with E-state index < -0.39 is 12.0 Å². The van der Waals surface area contributed by atoms with Crippen LogP contribution in [0.15, 0.2) is 18.2 Å². The third kappa shape index (κ3) is 2.70. The van der Waals surface area contributed by atoms with E-state index in [9.17, 15) is 9.90 Å². The van der Waals surface area contributed by atoms with Gasteiger partial charge in [0.2, 0.25) is 6.79 Å². The summed E-state index contributed by atoms with van der Waals surface area (Å²) in [5, 5.41) is 9.73. The molecule has 0 aromatic heterocycles. The number of hydrogen-bond acceptors (Lipinski definition) is 4. The monoisotopic (exact) mass is 291 g/mol. The largest absolute Gasteiger partial charge is 0.480 e. The van der Waals surface area contributed by atoms with Crippen molar-refractivity contribution < 1.29 is 19.4 Å². The normalized spacial score (nSPS) is 23.0. The van der Waals surface area contributed by atoms with Crippen LogP contribution in [0.1, 0.15) is 44.2 Å². The summed E-state index contributed by atoms with van der Waals surface area (Å²) in [6.45, 7) is 3.17. The molecular weight excluding hydrogens is 270 g/mol. The number of fused-ring (bicyclic) bond motifs is 1. The summed E-state index contributed by atoms with van der Waals surface area (Å²) in [6.07, 6.45) is 4.30. The van der Waals surface area contributed by atoms with E-state index in [0.717, 1.165) is 31.4 Å². The molecule has 1 aromatic rings. The van der Waals surface area contributed by atoms with Gasteiger partial charge in [-0.25, -0.2) is 0 Å². The van der Waals surface area contributed by atoms with Crippen LogP contribution in [0.2, 0.25) is 0 Å². The Bertz CT molecular complexity index is 531. The second kappa shape index (κ2) is 5.93. The number of nitrogens with zero attached hydrogens (tertiary/aromatic N) is 1. The summed E-state index contributed by atoms with van der Waals surface area (Å²) in [5.41, 5.74) is 0.770. The maximum Gasteiger partial charge on any atom is 0.325 e. The maximum atomic E-state index is 11.8. The topological polar surface area (TPSA) is 59.0 Å². The Hall–Kier alpha value is -1.75. The molecule has 1 aromatic carbocycles. The number of rotatable bonds is 4. The molecule has 0 amide bonds. The fourth-order valence-electron chi connectivity index (χ4n) is 3.36. The zero-order valence-corrected chi connectivity index (χ0v) is 12.2. The molecule has 2 atom stereocenters. The van der Waals surface area contributed by atoms with Crippen molar-refractivity contribution in [2.45, 2.75) is 44.7 Å². The molecule has 114 valence electrons. The van der Waals surface area contributed by atoms with Crippen LogP contribution in [0.25, 0.3) is 0 Å². The maximum absolute atomic E-state index is 11.8. The van der Waals surface area contributed by atoms with Crippen molar-refractivity contribution in [3.05, 3.63) is 23.8 Å². The second-order valence-corrected chi connectivity index (χ2v) is 5.65. The Labute approximate surface area is 124 Å². The van der Waals surface area contributed by atoms with Gasteiger partial charge in [0.25, 0.3) is 0 Å². The lowest BCUT2D eigenvalue weighted by molar-refractivity contribution is -0.145. The Morgan fingerprint density at radius 3 is 2.95 bits per heavy atom. The average Bonchev–Trinajstić information content (AvgIpc) is 2.95. The minimum atomic E-state index is -0.797. The zero-order valence-electron chi connectivity index (χ0n) is 12.2. The fourth-order valence-corrected chi connectivity index (χ4v) is 3.36. The summed E-state index contributed by atoms with van der Waals surface area (Å²) in [7, 11) is 0. The van der Waals surface area contributed by atoms with Crippen molar-refractivity contribution in [3.63, 3.8) is 0 Å². The van der Waals surface area contributed by atoms with Gasteiger partial charge in [0.15, 0.2) is 11.5 Å². The van der Waals surface area contributed by atoms with Crippen LogP contribution in [0.5, 0.6) is 11.5 Å². The molecule has 5 heteroatoms. The molecule has 0 spiro atoms. The van der Waals surface area contributed by atoms with Gasteiger partial charge in [-0.3, -0.25) is 9.69 Å². The number of ether oxygens (including phenoxy) is 2. The number of benzene rings is 1. The van der Waals surface area contributed by atoms with E-state index in [1.54, 1.807) is 6.07 Å². The summed E-state index contributed by atoms with van der Waals surface area (Å²) in [6, 6.07) is 5.18. The van der Waals surface area contributed by atoms with Crippen molar-refractivity contribution >= 4 is 5.97 Å². The highest BCUT2D eigenvalue weighted by molar-refractivity contribution is 5.76. The molecule has 2 unspecified atom stereocenters. The van der Waals surface area contributed by atoms with Crippen LogP contribution in [0.4, 0.5) is 0 Å². The van der Waals surface area contributed by atoms with Gasteiger partial charge in [-0.15, -0.1) is 0 Å². The molecule has 0 radical (unpaired) electrons. The van der Waals surface area contributed by atoms with Gasteiger partial charge in [0.1, 0.15) is 6.04 Å². The van der Waals surface area contributed by atoms with Gasteiger partial charge in [-0.05, 0) is 43.5 Å². The van der Waals surface area contributed by atoms with Crippen molar-refractivity contribution in [2.24, 2.45) is 0 Å². The third-order valence-corrected chi connectivity index (χ3v) is 4.42. The number of hydrogen-bond donors (Lipinski definition) is 1. The highest BCUT2D eigenvalue weighted by atomic mass is 16.7. The minimum absolute atomic E-state index is 0.206. The Kier molecular flexibility index (Phi) is 4.01. The number of aliphatic carboxylic acids is 1. The van der Waals surface area contributed by atoms with Gasteiger partial charge in [0.05, 0.1) is 0 Å². The Balaban J connectivity index is 1.92. The summed E-state index contributed by atoms with van der Waals surface area (Å²) < 4.78 is 10.7. The van der Waals surface area contributed by atoms with Crippen molar-refractivity contribution in [1.82, 2.24) is 4.90 Å². The SMILES string of the molecule is CCC1CCCCN1C(C(=O)O)c1ccc2c(c1)OCO2. The first-order valence-electron chi connectivity index (χ1n) is 7.58. The average molecular weight is 291 g/mol. The molecule has 1 N–H and O–H groups in total. The second-order valence-electron chi connectivity index (χ2n) is 5.65. The molecule has 2 aliphatic heterocycles. The van der Waals surface area contributed by atoms with Gasteiger partial charge in [0, 0.05) is 6.04 Å². The zero-order chi connectivity index (χ0) is 14.8. The van der Waals surface area contributed by atoms with Gasteiger partial charge < -0.3 is 14.6 Å². The van der Waals surface area contributed by atoms with E-state index in [1.807, 2.05) is 12.1 Å². The molecule has 0 aliphatic carbocycles. The van der Waals surface area contributed by atoms with Crippen molar-refractivity contribution in [2.75, 3.05) is 13.3 Å². The predicted molar refractivity (Wildman–Crippen MR) is 77.6 cm³/mol. The number of piperidine rings is 1. The molecule has 3 rings (SSSR count). The number of likely N-dealkylation sites (tertiary alicyclic amines) is 1. The molecule has 2 aliphatic rings. The third-order valence-electron chi connectivity index (χ3n) is 4.42. The highest BCUT2D eigenvalue weighted by Gasteiger charge is 2.34. The van der Waals surface area contributed by atoms with E-state index in [2.05, 4.69) is 11.8 Å². The summed E-state index contributed by atoms with van der Waals surface area (Å²) in [4.78, 5) is 14.0. The van der Waals surface area contributed by atoms with E-state index >= 15 is 0 Å². The first-order chi connectivity index (χ1) is 10.2.